The van der Waals surface area contributed by atoms with E-state index in [4.69, 9.17) is 11.6 Å². The van der Waals surface area contributed by atoms with Gasteiger partial charge in [0.1, 0.15) is 6.29 Å². The molecule has 0 heterocycles. The number of carbonyl (C=O) groups excluding carboxylic acids is 1. The van der Waals surface area contributed by atoms with Crippen molar-refractivity contribution < 1.29 is 4.79 Å². The van der Waals surface area contributed by atoms with Gasteiger partial charge < -0.3 is 4.79 Å². The molecule has 2 atom stereocenters. The summed E-state index contributed by atoms with van der Waals surface area (Å²) in [4.78, 5) is 11.1. The summed E-state index contributed by atoms with van der Waals surface area (Å²) in [5, 5.41) is 0.729. The molecule has 0 amide bonds. The second-order valence-corrected chi connectivity index (χ2v) is 5.43. The largest absolute Gasteiger partial charge is 0.303 e. The zero-order valence-corrected chi connectivity index (χ0v) is 10.5. The predicted octanol–water partition coefficient (Wildman–Crippen LogP) is 4.00. The van der Waals surface area contributed by atoms with Crippen LogP contribution in [0.25, 0.3) is 0 Å². The first kappa shape index (κ1) is 11.2. The Balaban J connectivity index is 2.14. The van der Waals surface area contributed by atoms with Gasteiger partial charge in [-0.2, -0.15) is 0 Å². The average molecular weight is 288 g/mol. The molecule has 0 aromatic heterocycles. The Labute approximate surface area is 103 Å². The number of rotatable bonds is 4. The van der Waals surface area contributed by atoms with Gasteiger partial charge in [-0.05, 0) is 36.5 Å². The SMILES string of the molecule is O=CC(C1CC1)C(Br)c1ccc(Cl)cc1. The summed E-state index contributed by atoms with van der Waals surface area (Å²) in [5.74, 6) is 0.675. The fraction of sp³-hybridized carbons (Fsp3) is 0.417. The molecule has 0 spiro atoms. The Hall–Kier alpha value is -0.340. The molecular formula is C12H12BrClO. The molecule has 1 fully saturated rings. The highest BCUT2D eigenvalue weighted by atomic mass is 79.9. The highest BCUT2D eigenvalue weighted by molar-refractivity contribution is 9.09. The van der Waals surface area contributed by atoms with E-state index in [1.54, 1.807) is 0 Å². The normalized spacial score (nSPS) is 19.6. The smallest absolute Gasteiger partial charge is 0.124 e. The number of halogens is 2. The van der Waals surface area contributed by atoms with Crippen LogP contribution in [0.15, 0.2) is 24.3 Å². The summed E-state index contributed by atoms with van der Waals surface area (Å²) < 4.78 is 0. The number of alkyl halides is 1. The first-order valence-corrected chi connectivity index (χ1v) is 6.36. The maximum Gasteiger partial charge on any atom is 0.124 e. The standard InChI is InChI=1S/C12H12BrClO/c13-12(11(7-15)8-1-2-8)9-3-5-10(14)6-4-9/h3-8,11-12H,1-2H2. The third-order valence-electron chi connectivity index (χ3n) is 2.85. The van der Waals surface area contributed by atoms with E-state index in [9.17, 15) is 4.79 Å². The molecule has 3 heteroatoms. The number of hydrogen-bond donors (Lipinski definition) is 0. The van der Waals surface area contributed by atoms with E-state index in [2.05, 4.69) is 15.9 Å². The molecule has 1 aromatic carbocycles. The molecule has 2 unspecified atom stereocenters. The second kappa shape index (κ2) is 4.67. The summed E-state index contributed by atoms with van der Waals surface area (Å²) in [6.45, 7) is 0. The summed E-state index contributed by atoms with van der Waals surface area (Å²) in [7, 11) is 0. The van der Waals surface area contributed by atoms with E-state index in [0.717, 1.165) is 16.9 Å². The van der Waals surface area contributed by atoms with E-state index >= 15 is 0 Å². The maximum absolute atomic E-state index is 11.0. The van der Waals surface area contributed by atoms with Gasteiger partial charge in [0.15, 0.2) is 0 Å². The van der Waals surface area contributed by atoms with Crippen LogP contribution in [-0.4, -0.2) is 6.29 Å². The fourth-order valence-corrected chi connectivity index (χ4v) is 2.76. The quantitative estimate of drug-likeness (QED) is 0.604. The minimum absolute atomic E-state index is 0.103. The van der Waals surface area contributed by atoms with Crippen LogP contribution in [0.2, 0.25) is 5.02 Å². The van der Waals surface area contributed by atoms with Crippen molar-refractivity contribution in [3.8, 4) is 0 Å². The van der Waals surface area contributed by atoms with Gasteiger partial charge in [-0.25, -0.2) is 0 Å². The Morgan fingerprint density at radius 3 is 2.40 bits per heavy atom. The van der Waals surface area contributed by atoms with Crippen LogP contribution in [0, 0.1) is 11.8 Å². The van der Waals surface area contributed by atoms with Crippen LogP contribution in [-0.2, 0) is 4.79 Å². The van der Waals surface area contributed by atoms with Crippen LogP contribution in [0.3, 0.4) is 0 Å². The summed E-state index contributed by atoms with van der Waals surface area (Å²) in [5.41, 5.74) is 1.13. The molecular weight excluding hydrogens is 275 g/mol. The van der Waals surface area contributed by atoms with Gasteiger partial charge >= 0.3 is 0 Å². The van der Waals surface area contributed by atoms with E-state index < -0.39 is 0 Å². The van der Waals surface area contributed by atoms with Crippen LogP contribution in [0.4, 0.5) is 0 Å². The Morgan fingerprint density at radius 1 is 1.33 bits per heavy atom. The van der Waals surface area contributed by atoms with Crippen molar-refractivity contribution in [3.63, 3.8) is 0 Å². The van der Waals surface area contributed by atoms with Crippen molar-refractivity contribution in [1.82, 2.24) is 0 Å². The van der Waals surface area contributed by atoms with Gasteiger partial charge in [-0.1, -0.05) is 39.7 Å². The topological polar surface area (TPSA) is 17.1 Å². The third kappa shape index (κ3) is 2.61. The molecule has 0 saturated heterocycles. The van der Waals surface area contributed by atoms with Crippen LogP contribution >= 0.6 is 27.5 Å². The summed E-state index contributed by atoms with van der Waals surface area (Å²) in [6, 6.07) is 7.67. The lowest BCUT2D eigenvalue weighted by molar-refractivity contribution is -0.111. The molecule has 15 heavy (non-hydrogen) atoms. The monoisotopic (exact) mass is 286 g/mol. The molecule has 0 radical (unpaired) electrons. The van der Waals surface area contributed by atoms with Crippen LogP contribution in [0.1, 0.15) is 23.2 Å². The Morgan fingerprint density at radius 2 is 1.93 bits per heavy atom. The van der Waals surface area contributed by atoms with Gasteiger partial charge in [0.05, 0.1) is 0 Å². The van der Waals surface area contributed by atoms with Gasteiger partial charge in [0.2, 0.25) is 0 Å². The second-order valence-electron chi connectivity index (χ2n) is 4.00. The van der Waals surface area contributed by atoms with Crippen molar-refractivity contribution in [2.24, 2.45) is 11.8 Å². The lowest BCUT2D eigenvalue weighted by atomic mass is 9.96. The molecule has 2 rings (SSSR count). The first-order valence-electron chi connectivity index (χ1n) is 5.07. The zero-order valence-electron chi connectivity index (χ0n) is 8.20. The number of carbonyl (C=O) groups is 1. The fourth-order valence-electron chi connectivity index (χ4n) is 1.77. The van der Waals surface area contributed by atoms with Crippen LogP contribution in [0.5, 0.6) is 0 Å². The van der Waals surface area contributed by atoms with E-state index in [1.807, 2.05) is 24.3 Å². The van der Waals surface area contributed by atoms with Gasteiger partial charge in [-0.3, -0.25) is 0 Å². The van der Waals surface area contributed by atoms with Crippen molar-refractivity contribution >= 4 is 33.8 Å². The maximum atomic E-state index is 11.0. The highest BCUT2D eigenvalue weighted by Gasteiger charge is 2.35. The molecule has 0 bridgehead atoms. The van der Waals surface area contributed by atoms with Crippen molar-refractivity contribution in [2.45, 2.75) is 17.7 Å². The molecule has 80 valence electrons. The van der Waals surface area contributed by atoms with Gasteiger partial charge in [0, 0.05) is 15.8 Å². The van der Waals surface area contributed by atoms with Crippen molar-refractivity contribution in [2.75, 3.05) is 0 Å². The number of hydrogen-bond acceptors (Lipinski definition) is 1. The van der Waals surface area contributed by atoms with E-state index in [0.29, 0.717) is 5.92 Å². The molecule has 1 saturated carbocycles. The molecule has 1 aromatic rings. The number of benzene rings is 1. The molecule has 1 aliphatic rings. The first-order chi connectivity index (χ1) is 7.22. The minimum Gasteiger partial charge on any atom is -0.303 e. The Bertz CT molecular complexity index is 345. The molecule has 0 N–H and O–H groups in total. The van der Waals surface area contributed by atoms with Gasteiger partial charge in [-0.15, -0.1) is 0 Å². The summed E-state index contributed by atoms with van der Waals surface area (Å²) in [6.07, 6.45) is 3.43. The van der Waals surface area contributed by atoms with Crippen molar-refractivity contribution in [3.05, 3.63) is 34.9 Å². The van der Waals surface area contributed by atoms with Crippen LogP contribution < -0.4 is 0 Å². The number of aldehydes is 1. The Kier molecular flexibility index (Phi) is 3.47. The van der Waals surface area contributed by atoms with E-state index in [-0.39, 0.29) is 10.7 Å². The van der Waals surface area contributed by atoms with Crippen molar-refractivity contribution in [1.29, 1.82) is 0 Å². The predicted molar refractivity (Wildman–Crippen MR) is 65.4 cm³/mol. The lowest BCUT2D eigenvalue weighted by Gasteiger charge is -2.16. The average Bonchev–Trinajstić information content (AvgIpc) is 3.04. The van der Waals surface area contributed by atoms with E-state index in [1.165, 1.54) is 12.8 Å². The molecule has 0 aliphatic heterocycles. The summed E-state index contributed by atoms with van der Waals surface area (Å²) >= 11 is 9.42. The molecule has 1 aliphatic carbocycles. The third-order valence-corrected chi connectivity index (χ3v) is 4.24. The zero-order chi connectivity index (χ0) is 10.8. The lowest BCUT2D eigenvalue weighted by Crippen LogP contribution is -2.11. The molecule has 1 nitrogen and oxygen atoms in total. The van der Waals surface area contributed by atoms with Gasteiger partial charge in [0.25, 0.3) is 0 Å². The minimum atomic E-state index is 0.103. The highest BCUT2D eigenvalue weighted by Crippen LogP contribution is 2.45.